The maximum absolute atomic E-state index is 14.0. The minimum Gasteiger partial charge on any atom is -0.398 e. The largest absolute Gasteiger partial charge is 0.408 e. The Bertz CT molecular complexity index is 602. The van der Waals surface area contributed by atoms with Crippen molar-refractivity contribution in [2.45, 2.75) is 19.6 Å². The van der Waals surface area contributed by atoms with E-state index in [2.05, 4.69) is 5.10 Å². The highest BCUT2D eigenvalue weighted by Gasteiger charge is 2.28. The molecule has 1 aromatic carbocycles. The van der Waals surface area contributed by atoms with E-state index in [9.17, 15) is 17.6 Å². The molecule has 7 heteroatoms. The van der Waals surface area contributed by atoms with Crippen LogP contribution in [0.2, 0.25) is 0 Å². The first kappa shape index (κ1) is 13.4. The zero-order valence-electron chi connectivity index (χ0n) is 10.0. The lowest BCUT2D eigenvalue weighted by atomic mass is 10.0. The second-order valence-corrected chi connectivity index (χ2v) is 4.18. The van der Waals surface area contributed by atoms with Crippen molar-refractivity contribution in [1.29, 1.82) is 0 Å². The van der Waals surface area contributed by atoms with Crippen LogP contribution < -0.4 is 5.73 Å². The highest BCUT2D eigenvalue weighted by atomic mass is 19.4. The normalized spacial score (nSPS) is 11.8. The number of benzene rings is 1. The lowest BCUT2D eigenvalue weighted by Crippen LogP contribution is -2.17. The van der Waals surface area contributed by atoms with Gasteiger partial charge in [0.15, 0.2) is 0 Å². The molecule has 0 aliphatic carbocycles. The van der Waals surface area contributed by atoms with Gasteiger partial charge in [0, 0.05) is 28.6 Å². The molecule has 1 heterocycles. The molecule has 2 rings (SSSR count). The van der Waals surface area contributed by atoms with E-state index < -0.39 is 18.5 Å². The Morgan fingerprint density at radius 1 is 1.32 bits per heavy atom. The standard InChI is InChI=1S/C12H11F4N3/c1-7-10(17)3-2-9(11(7)13)8-4-18-19(5-8)6-12(14,15)16/h2-5H,6,17H2,1H3. The Morgan fingerprint density at radius 2 is 2.00 bits per heavy atom. The average molecular weight is 273 g/mol. The van der Waals surface area contributed by atoms with Crippen LogP contribution in [0.15, 0.2) is 24.5 Å². The van der Waals surface area contributed by atoms with Gasteiger partial charge in [-0.15, -0.1) is 0 Å². The molecule has 0 saturated carbocycles. The summed E-state index contributed by atoms with van der Waals surface area (Å²) >= 11 is 0. The third kappa shape index (κ3) is 2.86. The maximum Gasteiger partial charge on any atom is 0.408 e. The van der Waals surface area contributed by atoms with Crippen LogP contribution in [0.25, 0.3) is 11.1 Å². The zero-order chi connectivity index (χ0) is 14.2. The molecule has 0 saturated heterocycles. The van der Waals surface area contributed by atoms with Gasteiger partial charge >= 0.3 is 6.18 Å². The Morgan fingerprint density at radius 3 is 2.63 bits per heavy atom. The van der Waals surface area contributed by atoms with Gasteiger partial charge in [0.1, 0.15) is 12.4 Å². The number of nitrogen functional groups attached to an aromatic ring is 1. The van der Waals surface area contributed by atoms with Crippen molar-refractivity contribution in [3.8, 4) is 11.1 Å². The summed E-state index contributed by atoms with van der Waals surface area (Å²) in [6, 6.07) is 2.93. The van der Waals surface area contributed by atoms with Crippen LogP contribution in [0.3, 0.4) is 0 Å². The summed E-state index contributed by atoms with van der Waals surface area (Å²) in [5.41, 5.74) is 6.57. The van der Waals surface area contributed by atoms with Crippen LogP contribution in [-0.4, -0.2) is 16.0 Å². The average Bonchev–Trinajstić information content (AvgIpc) is 2.72. The third-order valence-corrected chi connectivity index (χ3v) is 2.71. The molecule has 0 radical (unpaired) electrons. The van der Waals surface area contributed by atoms with E-state index in [4.69, 9.17) is 5.73 Å². The second kappa shape index (κ2) is 4.56. The number of anilines is 1. The Labute approximate surface area is 106 Å². The van der Waals surface area contributed by atoms with Gasteiger partial charge in [-0.2, -0.15) is 18.3 Å². The molecule has 0 aliphatic rings. The zero-order valence-corrected chi connectivity index (χ0v) is 10.0. The molecule has 0 fully saturated rings. The molecule has 0 atom stereocenters. The van der Waals surface area contributed by atoms with Crippen molar-refractivity contribution in [3.63, 3.8) is 0 Å². The van der Waals surface area contributed by atoms with Gasteiger partial charge in [0.25, 0.3) is 0 Å². The summed E-state index contributed by atoms with van der Waals surface area (Å²) in [5.74, 6) is -0.549. The summed E-state index contributed by atoms with van der Waals surface area (Å²) in [4.78, 5) is 0. The molecule has 0 unspecified atom stereocenters. The first-order valence-electron chi connectivity index (χ1n) is 5.42. The van der Waals surface area contributed by atoms with E-state index in [0.717, 1.165) is 10.9 Å². The van der Waals surface area contributed by atoms with Crippen molar-refractivity contribution < 1.29 is 17.6 Å². The number of nitrogens with zero attached hydrogens (tertiary/aromatic N) is 2. The molecular formula is C12H11F4N3. The van der Waals surface area contributed by atoms with E-state index in [-0.39, 0.29) is 16.7 Å². The fourth-order valence-corrected chi connectivity index (χ4v) is 1.70. The molecule has 2 aromatic rings. The smallest absolute Gasteiger partial charge is 0.398 e. The Balaban J connectivity index is 2.36. The van der Waals surface area contributed by atoms with Gasteiger partial charge in [-0.1, -0.05) is 0 Å². The van der Waals surface area contributed by atoms with Crippen molar-refractivity contribution in [2.75, 3.05) is 5.73 Å². The molecule has 0 aliphatic heterocycles. The molecule has 0 spiro atoms. The molecule has 0 bridgehead atoms. The molecule has 3 nitrogen and oxygen atoms in total. The number of alkyl halides is 3. The van der Waals surface area contributed by atoms with E-state index in [1.807, 2.05) is 0 Å². The van der Waals surface area contributed by atoms with Gasteiger partial charge in [-0.05, 0) is 19.1 Å². The molecule has 102 valence electrons. The number of hydrogen-bond donors (Lipinski definition) is 1. The maximum atomic E-state index is 14.0. The van der Waals surface area contributed by atoms with Crippen LogP contribution in [0, 0.1) is 12.7 Å². The van der Waals surface area contributed by atoms with Gasteiger partial charge in [0.05, 0.1) is 6.20 Å². The topological polar surface area (TPSA) is 43.8 Å². The number of rotatable bonds is 2. The number of nitrogens with two attached hydrogens (primary N) is 1. The van der Waals surface area contributed by atoms with Crippen molar-refractivity contribution in [2.24, 2.45) is 0 Å². The predicted molar refractivity (Wildman–Crippen MR) is 62.8 cm³/mol. The molecule has 0 amide bonds. The van der Waals surface area contributed by atoms with Gasteiger partial charge in [0.2, 0.25) is 0 Å². The SMILES string of the molecule is Cc1c(N)ccc(-c2cnn(CC(F)(F)F)c2)c1F. The lowest BCUT2D eigenvalue weighted by molar-refractivity contribution is -0.142. The van der Waals surface area contributed by atoms with Crippen LogP contribution in [0.1, 0.15) is 5.56 Å². The molecule has 2 N–H and O–H groups in total. The number of halogens is 4. The summed E-state index contributed by atoms with van der Waals surface area (Å²) in [5, 5.41) is 3.57. The van der Waals surface area contributed by atoms with Crippen LogP contribution >= 0.6 is 0 Å². The highest BCUT2D eigenvalue weighted by molar-refractivity contribution is 5.67. The van der Waals surface area contributed by atoms with E-state index in [0.29, 0.717) is 5.69 Å². The summed E-state index contributed by atoms with van der Waals surface area (Å²) in [6.45, 7) is 0.302. The fraction of sp³-hybridized carbons (Fsp3) is 0.250. The molecular weight excluding hydrogens is 262 g/mol. The molecule has 19 heavy (non-hydrogen) atoms. The highest BCUT2D eigenvalue weighted by Crippen LogP contribution is 2.28. The monoisotopic (exact) mass is 273 g/mol. The fourth-order valence-electron chi connectivity index (χ4n) is 1.70. The summed E-state index contributed by atoms with van der Waals surface area (Å²) < 4.78 is 51.3. The van der Waals surface area contributed by atoms with Crippen LogP contribution in [-0.2, 0) is 6.54 Å². The third-order valence-electron chi connectivity index (χ3n) is 2.71. The van der Waals surface area contributed by atoms with Gasteiger partial charge in [-0.3, -0.25) is 4.68 Å². The molecule has 1 aromatic heterocycles. The summed E-state index contributed by atoms with van der Waals surface area (Å²) in [6.07, 6.45) is -2.01. The second-order valence-electron chi connectivity index (χ2n) is 4.18. The number of hydrogen-bond acceptors (Lipinski definition) is 2. The number of aromatic nitrogens is 2. The predicted octanol–water partition coefficient (Wildman–Crippen LogP) is 3.14. The van der Waals surface area contributed by atoms with Crippen LogP contribution in [0.5, 0.6) is 0 Å². The van der Waals surface area contributed by atoms with Gasteiger partial charge in [-0.25, -0.2) is 4.39 Å². The summed E-state index contributed by atoms with van der Waals surface area (Å²) in [7, 11) is 0. The minimum atomic E-state index is -4.36. The quantitative estimate of drug-likeness (QED) is 0.674. The van der Waals surface area contributed by atoms with Gasteiger partial charge < -0.3 is 5.73 Å². The Kier molecular flexibility index (Phi) is 3.21. The first-order valence-corrected chi connectivity index (χ1v) is 5.42. The van der Waals surface area contributed by atoms with Crippen LogP contribution in [0.4, 0.5) is 23.2 Å². The van der Waals surface area contributed by atoms with Crippen molar-refractivity contribution in [3.05, 3.63) is 35.9 Å². The van der Waals surface area contributed by atoms with Crippen molar-refractivity contribution in [1.82, 2.24) is 9.78 Å². The minimum absolute atomic E-state index is 0.181. The first-order chi connectivity index (χ1) is 8.78. The van der Waals surface area contributed by atoms with E-state index in [1.54, 1.807) is 0 Å². The van der Waals surface area contributed by atoms with E-state index in [1.165, 1.54) is 25.3 Å². The lowest BCUT2D eigenvalue weighted by Gasteiger charge is -2.07. The Hall–Kier alpha value is -2.05. The van der Waals surface area contributed by atoms with E-state index >= 15 is 0 Å². The van der Waals surface area contributed by atoms with Crippen molar-refractivity contribution >= 4 is 5.69 Å².